The zero-order valence-electron chi connectivity index (χ0n) is 18.7. The highest BCUT2D eigenvalue weighted by molar-refractivity contribution is 6.02. The first-order valence-corrected chi connectivity index (χ1v) is 10.1. The van der Waals surface area contributed by atoms with Crippen LogP contribution in [0.25, 0.3) is 0 Å². The minimum atomic E-state index is -5.00. The molecular formula is C23H26F3N3O4. The minimum absolute atomic E-state index is 0.243. The van der Waals surface area contributed by atoms with Gasteiger partial charge >= 0.3 is 12.4 Å². The number of rotatable bonds is 7. The maximum Gasteiger partial charge on any atom is 0.573 e. The molecule has 0 bridgehead atoms. The monoisotopic (exact) mass is 465 g/mol. The molecule has 1 atom stereocenters. The largest absolute Gasteiger partial charge is 0.573 e. The Balaban J connectivity index is 2.30. The van der Waals surface area contributed by atoms with Gasteiger partial charge in [-0.1, -0.05) is 45.0 Å². The smallest absolute Gasteiger partial charge is 0.404 e. The summed E-state index contributed by atoms with van der Waals surface area (Å²) in [7, 11) is 0. The van der Waals surface area contributed by atoms with Gasteiger partial charge < -0.3 is 20.2 Å². The number of urea groups is 1. The Kier molecular flexibility index (Phi) is 8.08. The standard InChI is InChI=1S/C23H26F3N3O4/c1-15-8-7-9-16(12-15)28-21(32)27-13-20(31)29(19(14-30)22(2,3)4)17-10-5-6-11-18(17)33-23(24,25)26/h5-12,14,19H,13H2,1-4H3,(H2,27,28,32). The van der Waals surface area contributed by atoms with Gasteiger partial charge in [-0.3, -0.25) is 9.69 Å². The van der Waals surface area contributed by atoms with Gasteiger partial charge in [0.05, 0.1) is 18.3 Å². The molecule has 0 aliphatic rings. The molecule has 178 valence electrons. The molecule has 3 amide bonds. The van der Waals surface area contributed by atoms with Crippen LogP contribution in [-0.4, -0.2) is 37.2 Å². The molecule has 2 aromatic carbocycles. The fourth-order valence-electron chi connectivity index (χ4n) is 3.10. The van der Waals surface area contributed by atoms with Gasteiger partial charge in [-0.2, -0.15) is 0 Å². The number of ether oxygens (including phenoxy) is 1. The highest BCUT2D eigenvalue weighted by Gasteiger charge is 2.38. The first-order valence-electron chi connectivity index (χ1n) is 10.1. The van der Waals surface area contributed by atoms with Crippen molar-refractivity contribution in [2.45, 2.75) is 40.1 Å². The number of amides is 3. The summed E-state index contributed by atoms with van der Waals surface area (Å²) < 4.78 is 42.9. The van der Waals surface area contributed by atoms with Gasteiger partial charge in [0.15, 0.2) is 5.75 Å². The molecule has 0 saturated carbocycles. The van der Waals surface area contributed by atoms with Crippen molar-refractivity contribution in [1.82, 2.24) is 5.32 Å². The van der Waals surface area contributed by atoms with Crippen molar-refractivity contribution in [3.05, 3.63) is 54.1 Å². The zero-order chi connectivity index (χ0) is 24.8. The van der Waals surface area contributed by atoms with Crippen LogP contribution in [0.1, 0.15) is 26.3 Å². The Morgan fingerprint density at radius 2 is 1.76 bits per heavy atom. The molecule has 33 heavy (non-hydrogen) atoms. The van der Waals surface area contributed by atoms with Gasteiger partial charge in [0.1, 0.15) is 6.29 Å². The quantitative estimate of drug-likeness (QED) is 0.582. The van der Waals surface area contributed by atoms with Crippen LogP contribution in [0, 0.1) is 12.3 Å². The lowest BCUT2D eigenvalue weighted by Gasteiger charge is -2.37. The van der Waals surface area contributed by atoms with Gasteiger partial charge in [0.25, 0.3) is 0 Å². The van der Waals surface area contributed by atoms with Crippen molar-refractivity contribution in [3.63, 3.8) is 0 Å². The Labute approximate surface area is 189 Å². The topological polar surface area (TPSA) is 87.7 Å². The van der Waals surface area contributed by atoms with E-state index in [9.17, 15) is 27.6 Å². The van der Waals surface area contributed by atoms with Crippen molar-refractivity contribution >= 4 is 29.6 Å². The van der Waals surface area contributed by atoms with E-state index >= 15 is 0 Å². The van der Waals surface area contributed by atoms with Crippen molar-refractivity contribution in [2.24, 2.45) is 5.41 Å². The number of halogens is 3. The molecule has 2 N–H and O–H groups in total. The number of carbonyl (C=O) groups is 3. The van der Waals surface area contributed by atoms with Crippen molar-refractivity contribution in [1.29, 1.82) is 0 Å². The number of nitrogens with zero attached hydrogens (tertiary/aromatic N) is 1. The van der Waals surface area contributed by atoms with Crippen LogP contribution in [0.5, 0.6) is 5.75 Å². The van der Waals surface area contributed by atoms with Crippen molar-refractivity contribution < 1.29 is 32.3 Å². The summed E-state index contributed by atoms with van der Waals surface area (Å²) in [5.41, 5.74) is 0.344. The Morgan fingerprint density at radius 3 is 2.33 bits per heavy atom. The predicted octanol–water partition coefficient (Wildman–Crippen LogP) is 4.66. The summed E-state index contributed by atoms with van der Waals surface area (Å²) in [4.78, 5) is 38.2. The van der Waals surface area contributed by atoms with E-state index in [2.05, 4.69) is 15.4 Å². The van der Waals surface area contributed by atoms with E-state index in [1.807, 2.05) is 13.0 Å². The maximum atomic E-state index is 13.1. The number of hydrogen-bond donors (Lipinski definition) is 2. The molecule has 0 saturated heterocycles. The van der Waals surface area contributed by atoms with Crippen LogP contribution < -0.4 is 20.3 Å². The Bertz CT molecular complexity index is 1000. The molecule has 7 nitrogen and oxygen atoms in total. The van der Waals surface area contributed by atoms with E-state index in [-0.39, 0.29) is 5.69 Å². The number of aryl methyl sites for hydroxylation is 1. The third-order valence-corrected chi connectivity index (χ3v) is 4.59. The minimum Gasteiger partial charge on any atom is -0.404 e. The number of nitrogens with one attached hydrogen (secondary N) is 2. The van der Waals surface area contributed by atoms with E-state index < -0.39 is 42.1 Å². The zero-order valence-corrected chi connectivity index (χ0v) is 18.7. The van der Waals surface area contributed by atoms with Gasteiger partial charge in [0.2, 0.25) is 5.91 Å². The third-order valence-electron chi connectivity index (χ3n) is 4.59. The molecule has 10 heteroatoms. The van der Waals surface area contributed by atoms with Crippen LogP contribution in [0.4, 0.5) is 29.3 Å². The molecule has 1 unspecified atom stereocenters. The normalized spacial score (nSPS) is 12.5. The SMILES string of the molecule is Cc1cccc(NC(=O)NCC(=O)N(c2ccccc2OC(F)(F)F)C(C=O)C(C)(C)C)c1. The van der Waals surface area contributed by atoms with E-state index in [4.69, 9.17) is 0 Å². The lowest BCUT2D eigenvalue weighted by molar-refractivity contribution is -0.274. The summed E-state index contributed by atoms with van der Waals surface area (Å²) in [6.45, 7) is 6.27. The molecule has 2 rings (SSSR count). The van der Waals surface area contributed by atoms with Gasteiger partial charge in [-0.05, 0) is 42.2 Å². The second kappa shape index (κ2) is 10.4. The van der Waals surface area contributed by atoms with Crippen LogP contribution in [0.3, 0.4) is 0 Å². The molecule has 0 spiro atoms. The maximum absolute atomic E-state index is 13.1. The molecule has 0 radical (unpaired) electrons. The first-order chi connectivity index (χ1) is 15.3. The summed E-state index contributed by atoms with van der Waals surface area (Å²) >= 11 is 0. The summed E-state index contributed by atoms with van der Waals surface area (Å²) in [6.07, 6.45) is -4.52. The average molecular weight is 465 g/mol. The Hall–Kier alpha value is -3.56. The predicted molar refractivity (Wildman–Crippen MR) is 118 cm³/mol. The van der Waals surface area contributed by atoms with Crippen LogP contribution >= 0.6 is 0 Å². The number of anilines is 2. The van der Waals surface area contributed by atoms with E-state index in [1.54, 1.807) is 39.0 Å². The number of aldehydes is 1. The van der Waals surface area contributed by atoms with Crippen LogP contribution in [0.2, 0.25) is 0 Å². The summed E-state index contributed by atoms with van der Waals surface area (Å²) in [5, 5.41) is 4.95. The molecule has 2 aromatic rings. The van der Waals surface area contributed by atoms with Crippen LogP contribution in [-0.2, 0) is 9.59 Å². The highest BCUT2D eigenvalue weighted by atomic mass is 19.4. The van der Waals surface area contributed by atoms with Gasteiger partial charge in [-0.15, -0.1) is 13.2 Å². The summed E-state index contributed by atoms with van der Waals surface area (Å²) in [6, 6.07) is 10.2. The molecule has 0 fully saturated rings. The third kappa shape index (κ3) is 7.51. The number of carbonyl (C=O) groups excluding carboxylic acids is 3. The van der Waals surface area contributed by atoms with E-state index in [0.29, 0.717) is 12.0 Å². The van der Waals surface area contributed by atoms with Gasteiger partial charge in [-0.25, -0.2) is 4.79 Å². The number of para-hydroxylation sites is 2. The lowest BCUT2D eigenvalue weighted by Crippen LogP contribution is -2.52. The molecule has 0 heterocycles. The Morgan fingerprint density at radius 1 is 1.09 bits per heavy atom. The average Bonchev–Trinajstić information content (AvgIpc) is 2.69. The highest BCUT2D eigenvalue weighted by Crippen LogP contribution is 2.36. The molecule has 0 aromatic heterocycles. The van der Waals surface area contributed by atoms with Crippen molar-refractivity contribution in [2.75, 3.05) is 16.8 Å². The fourth-order valence-corrected chi connectivity index (χ4v) is 3.10. The fraction of sp³-hybridized carbons (Fsp3) is 0.348. The van der Waals surface area contributed by atoms with E-state index in [0.717, 1.165) is 16.5 Å². The number of benzene rings is 2. The van der Waals surface area contributed by atoms with Crippen LogP contribution in [0.15, 0.2) is 48.5 Å². The number of alkyl halides is 3. The lowest BCUT2D eigenvalue weighted by atomic mass is 9.86. The molecule has 0 aliphatic heterocycles. The second-order valence-electron chi connectivity index (χ2n) is 8.40. The van der Waals surface area contributed by atoms with Crippen molar-refractivity contribution in [3.8, 4) is 5.75 Å². The molecular weight excluding hydrogens is 439 g/mol. The van der Waals surface area contributed by atoms with Gasteiger partial charge in [0, 0.05) is 5.69 Å². The van der Waals surface area contributed by atoms with E-state index in [1.165, 1.54) is 18.2 Å². The summed E-state index contributed by atoms with van der Waals surface area (Å²) in [5.74, 6) is -1.43. The number of hydrogen-bond acceptors (Lipinski definition) is 4. The second-order valence-corrected chi connectivity index (χ2v) is 8.40. The first kappa shape index (κ1) is 25.7. The molecule has 0 aliphatic carbocycles.